The van der Waals surface area contributed by atoms with Crippen LogP contribution in [-0.4, -0.2) is 35.4 Å². The van der Waals surface area contributed by atoms with Gasteiger partial charge in [0.2, 0.25) is 11.8 Å². The first-order chi connectivity index (χ1) is 15.1. The maximum absolute atomic E-state index is 12.8. The first-order valence-corrected chi connectivity index (χ1v) is 11.2. The molecular weight excluding hydrogens is 386 g/mol. The Morgan fingerprint density at radius 3 is 2.42 bits per heavy atom. The van der Waals surface area contributed by atoms with Crippen LogP contribution in [0.4, 0.5) is 0 Å². The highest BCUT2D eigenvalue weighted by atomic mass is 16.4. The fraction of sp³-hybridized carbons (Fsp3) is 0.385. The summed E-state index contributed by atoms with van der Waals surface area (Å²) in [6.07, 6.45) is 2.63. The number of nitrogens with zero attached hydrogens (tertiary/aromatic N) is 2. The van der Waals surface area contributed by atoms with Gasteiger partial charge in [0, 0.05) is 12.1 Å². The van der Waals surface area contributed by atoms with Crippen molar-refractivity contribution in [3.8, 4) is 11.5 Å². The minimum Gasteiger partial charge on any atom is -0.441 e. The Morgan fingerprint density at radius 1 is 1.10 bits per heavy atom. The van der Waals surface area contributed by atoms with Gasteiger partial charge in [0.25, 0.3) is 0 Å². The number of hydrogen-bond acceptors (Lipinski definition) is 4. The Bertz CT molecular complexity index is 976. The maximum Gasteiger partial charge on any atom is 0.226 e. The zero-order valence-corrected chi connectivity index (χ0v) is 18.4. The summed E-state index contributed by atoms with van der Waals surface area (Å²) in [6.45, 7) is 6.92. The first-order valence-electron chi connectivity index (χ1n) is 11.2. The summed E-state index contributed by atoms with van der Waals surface area (Å²) in [5.41, 5.74) is 2.86. The Labute approximate surface area is 184 Å². The summed E-state index contributed by atoms with van der Waals surface area (Å²) in [6, 6.07) is 20.5. The largest absolute Gasteiger partial charge is 0.441 e. The van der Waals surface area contributed by atoms with Crippen LogP contribution in [-0.2, 0) is 11.2 Å². The van der Waals surface area contributed by atoms with Gasteiger partial charge in [-0.15, -0.1) is 0 Å². The minimum absolute atomic E-state index is 0.0256. The standard InChI is InChI=1S/C26H31N3O2/c1-19-13-15-29(16-14-19)24(21-9-5-3-6-10-21)18-27-25(30)17-23-20(2)31-26(28-23)22-11-7-4-8-12-22/h3-12,19,24H,13-18H2,1-2H3,(H,27,30). The second-order valence-corrected chi connectivity index (χ2v) is 8.51. The predicted octanol–water partition coefficient (Wildman–Crippen LogP) is 4.78. The molecule has 1 saturated heterocycles. The molecule has 1 fully saturated rings. The second kappa shape index (κ2) is 9.92. The van der Waals surface area contributed by atoms with Gasteiger partial charge in [-0.3, -0.25) is 9.69 Å². The molecule has 5 heteroatoms. The number of benzene rings is 2. The Balaban J connectivity index is 1.41. The van der Waals surface area contributed by atoms with Crippen molar-refractivity contribution in [3.05, 3.63) is 77.7 Å². The topological polar surface area (TPSA) is 58.4 Å². The Hall–Kier alpha value is -2.92. The lowest BCUT2D eigenvalue weighted by Crippen LogP contribution is -2.42. The number of rotatable bonds is 7. The van der Waals surface area contributed by atoms with E-state index < -0.39 is 0 Å². The molecule has 31 heavy (non-hydrogen) atoms. The normalized spacial score (nSPS) is 16.2. The van der Waals surface area contributed by atoms with Crippen molar-refractivity contribution in [2.75, 3.05) is 19.6 Å². The van der Waals surface area contributed by atoms with Crippen LogP contribution in [0.15, 0.2) is 65.1 Å². The molecule has 0 saturated carbocycles. The van der Waals surface area contributed by atoms with Crippen LogP contribution in [0.1, 0.15) is 42.8 Å². The zero-order chi connectivity index (χ0) is 21.6. The molecule has 1 unspecified atom stereocenters. The van der Waals surface area contributed by atoms with Crippen LogP contribution in [0.3, 0.4) is 0 Å². The summed E-state index contributed by atoms with van der Waals surface area (Å²) in [5.74, 6) is 2.00. The third kappa shape index (κ3) is 5.42. The number of nitrogens with one attached hydrogen (secondary N) is 1. The van der Waals surface area contributed by atoms with E-state index in [2.05, 4.69) is 46.4 Å². The Kier molecular flexibility index (Phi) is 6.82. The number of carbonyl (C=O) groups excluding carboxylic acids is 1. The van der Waals surface area contributed by atoms with Crippen molar-refractivity contribution < 1.29 is 9.21 Å². The van der Waals surface area contributed by atoms with E-state index in [0.29, 0.717) is 23.9 Å². The molecule has 1 aliphatic heterocycles. The molecule has 1 amide bonds. The molecule has 1 aromatic heterocycles. The van der Waals surface area contributed by atoms with Gasteiger partial charge in [0.15, 0.2) is 0 Å². The fourth-order valence-electron chi connectivity index (χ4n) is 4.19. The van der Waals surface area contributed by atoms with Crippen LogP contribution >= 0.6 is 0 Å². The SMILES string of the molecule is Cc1oc(-c2ccccc2)nc1CC(=O)NCC(c1ccccc1)N1CCC(C)CC1. The van der Waals surface area contributed by atoms with Crippen molar-refractivity contribution in [3.63, 3.8) is 0 Å². The fourth-order valence-corrected chi connectivity index (χ4v) is 4.19. The van der Waals surface area contributed by atoms with Gasteiger partial charge in [-0.05, 0) is 56.5 Å². The minimum atomic E-state index is -0.0256. The van der Waals surface area contributed by atoms with Gasteiger partial charge in [-0.1, -0.05) is 55.5 Å². The number of likely N-dealkylation sites (tertiary alicyclic amines) is 1. The van der Waals surface area contributed by atoms with E-state index in [-0.39, 0.29) is 18.4 Å². The number of aromatic nitrogens is 1. The number of amides is 1. The van der Waals surface area contributed by atoms with Crippen molar-refractivity contribution in [2.24, 2.45) is 5.92 Å². The number of carbonyl (C=O) groups is 1. The van der Waals surface area contributed by atoms with E-state index in [1.54, 1.807) is 0 Å². The van der Waals surface area contributed by atoms with Crippen LogP contribution in [0.2, 0.25) is 0 Å². The molecular formula is C26H31N3O2. The quantitative estimate of drug-likeness (QED) is 0.601. The van der Waals surface area contributed by atoms with Gasteiger partial charge < -0.3 is 9.73 Å². The number of hydrogen-bond donors (Lipinski definition) is 1. The number of aryl methyl sites for hydroxylation is 1. The van der Waals surface area contributed by atoms with Crippen molar-refractivity contribution >= 4 is 5.91 Å². The van der Waals surface area contributed by atoms with E-state index in [9.17, 15) is 4.79 Å². The highest BCUT2D eigenvalue weighted by Crippen LogP contribution is 2.26. The highest BCUT2D eigenvalue weighted by molar-refractivity contribution is 5.78. The maximum atomic E-state index is 12.8. The molecule has 2 aromatic carbocycles. The Morgan fingerprint density at radius 2 is 1.74 bits per heavy atom. The predicted molar refractivity (Wildman–Crippen MR) is 123 cm³/mol. The number of oxazole rings is 1. The average Bonchev–Trinajstić information content (AvgIpc) is 3.16. The van der Waals surface area contributed by atoms with Gasteiger partial charge in [0.05, 0.1) is 18.2 Å². The summed E-state index contributed by atoms with van der Waals surface area (Å²) in [5, 5.41) is 3.15. The van der Waals surface area contributed by atoms with E-state index >= 15 is 0 Å². The summed E-state index contributed by atoms with van der Waals surface area (Å²) in [4.78, 5) is 19.8. The third-order valence-electron chi connectivity index (χ3n) is 6.18. The van der Waals surface area contributed by atoms with Crippen LogP contribution < -0.4 is 5.32 Å². The second-order valence-electron chi connectivity index (χ2n) is 8.51. The highest BCUT2D eigenvalue weighted by Gasteiger charge is 2.25. The third-order valence-corrected chi connectivity index (χ3v) is 6.18. The van der Waals surface area contributed by atoms with Crippen molar-refractivity contribution in [1.82, 2.24) is 15.2 Å². The molecule has 1 atom stereocenters. The van der Waals surface area contributed by atoms with Gasteiger partial charge in [-0.2, -0.15) is 0 Å². The van der Waals surface area contributed by atoms with E-state index in [1.807, 2.05) is 43.3 Å². The zero-order valence-electron chi connectivity index (χ0n) is 18.4. The molecule has 0 radical (unpaired) electrons. The smallest absolute Gasteiger partial charge is 0.226 e. The van der Waals surface area contributed by atoms with Gasteiger partial charge >= 0.3 is 0 Å². The first kappa shape index (κ1) is 21.3. The van der Waals surface area contributed by atoms with E-state index in [0.717, 1.165) is 24.6 Å². The van der Waals surface area contributed by atoms with Crippen LogP contribution in [0.5, 0.6) is 0 Å². The van der Waals surface area contributed by atoms with Crippen LogP contribution in [0, 0.1) is 12.8 Å². The molecule has 0 spiro atoms. The van der Waals surface area contributed by atoms with Crippen molar-refractivity contribution in [2.45, 2.75) is 39.2 Å². The van der Waals surface area contributed by atoms with Crippen molar-refractivity contribution in [1.29, 1.82) is 0 Å². The lowest BCUT2D eigenvalue weighted by atomic mass is 9.95. The van der Waals surface area contributed by atoms with E-state index in [1.165, 1.54) is 18.4 Å². The molecule has 5 nitrogen and oxygen atoms in total. The molecule has 162 valence electrons. The molecule has 0 aliphatic carbocycles. The van der Waals surface area contributed by atoms with Gasteiger partial charge in [0.1, 0.15) is 5.76 Å². The summed E-state index contributed by atoms with van der Waals surface area (Å²) >= 11 is 0. The molecule has 4 rings (SSSR count). The lowest BCUT2D eigenvalue weighted by molar-refractivity contribution is -0.120. The average molecular weight is 418 g/mol. The van der Waals surface area contributed by atoms with Gasteiger partial charge in [-0.25, -0.2) is 4.98 Å². The summed E-state index contributed by atoms with van der Waals surface area (Å²) < 4.78 is 5.80. The van der Waals surface area contributed by atoms with E-state index in [4.69, 9.17) is 4.42 Å². The lowest BCUT2D eigenvalue weighted by Gasteiger charge is -2.37. The van der Waals surface area contributed by atoms with Crippen LogP contribution in [0.25, 0.3) is 11.5 Å². The summed E-state index contributed by atoms with van der Waals surface area (Å²) in [7, 11) is 0. The molecule has 0 bridgehead atoms. The monoisotopic (exact) mass is 417 g/mol. The molecule has 1 N–H and O–H groups in total. The number of piperidine rings is 1. The molecule has 2 heterocycles. The molecule has 3 aromatic rings. The molecule has 1 aliphatic rings.